The van der Waals surface area contributed by atoms with E-state index in [0.717, 1.165) is 25.7 Å². The van der Waals surface area contributed by atoms with E-state index in [1.807, 2.05) is 0 Å². The monoisotopic (exact) mass is 524 g/mol. The number of Topliss-reactive ketones (excluding diaryl/α,β-unsaturated/α-hetero) is 1. The highest BCUT2D eigenvalue weighted by molar-refractivity contribution is 5.83. The van der Waals surface area contributed by atoms with Crippen LogP contribution in [0.4, 0.5) is 0 Å². The van der Waals surface area contributed by atoms with Gasteiger partial charge in [0.15, 0.2) is 18.4 Å². The number of aliphatic hydroxyl groups excluding tert-OH is 8. The van der Waals surface area contributed by atoms with E-state index in [9.17, 15) is 45.6 Å². The first-order chi connectivity index (χ1) is 17.1. The van der Waals surface area contributed by atoms with E-state index in [2.05, 4.69) is 6.92 Å². The molecule has 0 aliphatic carbocycles. The maximum absolute atomic E-state index is 12.5. The van der Waals surface area contributed by atoms with Gasteiger partial charge >= 0.3 is 0 Å². The predicted octanol–water partition coefficient (Wildman–Crippen LogP) is -1.54. The van der Waals surface area contributed by atoms with Gasteiger partial charge in [-0.3, -0.25) is 4.79 Å². The Morgan fingerprint density at radius 3 is 1.94 bits per heavy atom. The van der Waals surface area contributed by atoms with Gasteiger partial charge in [0.05, 0.1) is 6.61 Å². The number of hydrogen-bond acceptors (Lipinski definition) is 12. The zero-order valence-corrected chi connectivity index (χ0v) is 20.8. The van der Waals surface area contributed by atoms with Crippen LogP contribution >= 0.6 is 0 Å². The van der Waals surface area contributed by atoms with Crippen molar-refractivity contribution >= 4 is 5.78 Å². The maximum atomic E-state index is 12.5. The summed E-state index contributed by atoms with van der Waals surface area (Å²) in [5.41, 5.74) is 0. The van der Waals surface area contributed by atoms with Gasteiger partial charge in [0.25, 0.3) is 0 Å². The lowest BCUT2D eigenvalue weighted by atomic mass is 9.92. The number of ether oxygens (including phenoxy) is 3. The summed E-state index contributed by atoms with van der Waals surface area (Å²) in [5, 5.41) is 80.6. The second-order valence-corrected chi connectivity index (χ2v) is 9.76. The predicted molar refractivity (Wildman–Crippen MR) is 124 cm³/mol. The Morgan fingerprint density at radius 2 is 1.36 bits per heavy atom. The Balaban J connectivity index is 1.89. The van der Waals surface area contributed by atoms with Crippen LogP contribution in [0.5, 0.6) is 0 Å². The molecule has 12 nitrogen and oxygen atoms in total. The van der Waals surface area contributed by atoms with Crippen LogP contribution < -0.4 is 0 Å². The van der Waals surface area contributed by atoms with Crippen molar-refractivity contribution in [2.45, 2.75) is 139 Å². The Bertz CT molecular complexity index is 634. The van der Waals surface area contributed by atoms with Crippen LogP contribution in [0.25, 0.3) is 0 Å². The van der Waals surface area contributed by atoms with E-state index in [0.29, 0.717) is 6.42 Å². The molecule has 2 heterocycles. The molecule has 0 bridgehead atoms. The summed E-state index contributed by atoms with van der Waals surface area (Å²) >= 11 is 0. The normalized spacial score (nSPS) is 38.1. The van der Waals surface area contributed by atoms with Crippen molar-refractivity contribution in [3.63, 3.8) is 0 Å². The Morgan fingerprint density at radius 1 is 0.778 bits per heavy atom. The summed E-state index contributed by atoms with van der Waals surface area (Å²) in [5.74, 6) is -0.600. The summed E-state index contributed by atoms with van der Waals surface area (Å²) in [6.07, 6.45) is -9.48. The SMILES string of the molecule is CCCCCCCCCCCC(=O)C(O)[C@H]1O[C@H](O[C@H]2[C@H](O)[C@@H](O)C(O)O[C@@H]2CO)[C@H](O)[C@@H](O)[C@@H]1O. The number of hydrogen-bond donors (Lipinski definition) is 8. The molecule has 2 rings (SSSR count). The Hall–Kier alpha value is -0.770. The molecule has 0 aromatic carbocycles. The van der Waals surface area contributed by atoms with Crippen LogP contribution in [0, 0.1) is 0 Å². The minimum absolute atomic E-state index is 0.0413. The first kappa shape index (κ1) is 31.4. The lowest BCUT2D eigenvalue weighted by molar-refractivity contribution is -0.357. The highest BCUT2D eigenvalue weighted by Crippen LogP contribution is 2.30. The molecule has 2 unspecified atom stereocenters. The molecule has 0 aromatic rings. The maximum Gasteiger partial charge on any atom is 0.187 e. The van der Waals surface area contributed by atoms with E-state index < -0.39 is 79.9 Å². The van der Waals surface area contributed by atoms with Gasteiger partial charge in [-0.05, 0) is 6.42 Å². The number of carbonyl (C=O) groups is 1. The molecule has 12 heteroatoms. The number of carbonyl (C=O) groups excluding carboxylic acids is 1. The minimum atomic E-state index is -1.87. The molecule has 0 radical (unpaired) electrons. The van der Waals surface area contributed by atoms with Gasteiger partial charge in [0.2, 0.25) is 0 Å². The molecule has 11 atom stereocenters. The van der Waals surface area contributed by atoms with Gasteiger partial charge in [-0.2, -0.15) is 0 Å². The topological polar surface area (TPSA) is 207 Å². The molecule has 8 N–H and O–H groups in total. The van der Waals surface area contributed by atoms with Gasteiger partial charge in [-0.15, -0.1) is 0 Å². The smallest absolute Gasteiger partial charge is 0.187 e. The molecule has 0 saturated carbocycles. The molecule has 0 spiro atoms. The molecular formula is C24H44O12. The number of ketones is 1. The Labute approximate surface area is 211 Å². The van der Waals surface area contributed by atoms with E-state index in [1.54, 1.807) is 0 Å². The van der Waals surface area contributed by atoms with Gasteiger partial charge in [0, 0.05) is 6.42 Å². The number of rotatable bonds is 15. The van der Waals surface area contributed by atoms with Gasteiger partial charge in [-0.1, -0.05) is 58.3 Å². The second-order valence-electron chi connectivity index (χ2n) is 9.76. The van der Waals surface area contributed by atoms with Crippen molar-refractivity contribution in [3.05, 3.63) is 0 Å². The first-order valence-electron chi connectivity index (χ1n) is 13.0. The van der Waals surface area contributed by atoms with Crippen LogP contribution in [0.1, 0.15) is 71.1 Å². The van der Waals surface area contributed by atoms with Crippen molar-refractivity contribution < 1.29 is 59.9 Å². The van der Waals surface area contributed by atoms with E-state index in [-0.39, 0.29) is 6.42 Å². The number of unbranched alkanes of at least 4 members (excludes halogenated alkanes) is 8. The third-order valence-electron chi connectivity index (χ3n) is 6.90. The second kappa shape index (κ2) is 15.6. The molecule has 2 aliphatic rings. The fraction of sp³-hybridized carbons (Fsp3) is 0.958. The van der Waals surface area contributed by atoms with Gasteiger partial charge < -0.3 is 55.1 Å². The van der Waals surface area contributed by atoms with E-state index >= 15 is 0 Å². The third kappa shape index (κ3) is 8.37. The Kier molecular flexibility index (Phi) is 13.6. The fourth-order valence-electron chi connectivity index (χ4n) is 4.58. The van der Waals surface area contributed by atoms with Crippen molar-refractivity contribution in [3.8, 4) is 0 Å². The molecule has 0 aromatic heterocycles. The van der Waals surface area contributed by atoms with Crippen molar-refractivity contribution in [2.24, 2.45) is 0 Å². The van der Waals surface area contributed by atoms with Crippen molar-refractivity contribution in [2.75, 3.05) is 6.61 Å². The zero-order valence-electron chi connectivity index (χ0n) is 20.8. The van der Waals surface area contributed by atoms with Crippen molar-refractivity contribution in [1.82, 2.24) is 0 Å². The van der Waals surface area contributed by atoms with Crippen LogP contribution in [-0.2, 0) is 19.0 Å². The summed E-state index contributed by atoms with van der Waals surface area (Å²) in [6, 6.07) is 0. The average molecular weight is 525 g/mol. The highest BCUT2D eigenvalue weighted by Gasteiger charge is 2.52. The largest absolute Gasteiger partial charge is 0.394 e. The van der Waals surface area contributed by atoms with E-state index in [1.165, 1.54) is 25.7 Å². The standard InChI is InChI=1S/C24H44O12/c1-2-3-4-5-6-7-8-9-10-11-13(26)15(27)22-17(29)16(28)20(32)24(36-22)35-21-14(12-25)34-23(33)19(31)18(21)30/h14-25,27-33H,2-12H2,1H3/t14-,15?,16+,17+,18-,19-,20-,21-,22-,23?,24+/m1/s1. The van der Waals surface area contributed by atoms with E-state index in [4.69, 9.17) is 14.2 Å². The van der Waals surface area contributed by atoms with Crippen LogP contribution in [0.2, 0.25) is 0 Å². The van der Waals surface area contributed by atoms with Crippen molar-refractivity contribution in [1.29, 1.82) is 0 Å². The molecule has 2 aliphatic heterocycles. The minimum Gasteiger partial charge on any atom is -0.394 e. The molecular weight excluding hydrogens is 480 g/mol. The molecule has 212 valence electrons. The third-order valence-corrected chi connectivity index (χ3v) is 6.90. The van der Waals surface area contributed by atoms with Gasteiger partial charge in [-0.25, -0.2) is 0 Å². The molecule has 36 heavy (non-hydrogen) atoms. The molecule has 0 amide bonds. The van der Waals surface area contributed by atoms with Gasteiger partial charge in [0.1, 0.15) is 54.9 Å². The molecule has 2 saturated heterocycles. The van der Waals surface area contributed by atoms with Crippen LogP contribution in [0.3, 0.4) is 0 Å². The first-order valence-corrected chi connectivity index (χ1v) is 13.0. The quantitative estimate of drug-likeness (QED) is 0.115. The summed E-state index contributed by atoms with van der Waals surface area (Å²) in [7, 11) is 0. The zero-order chi connectivity index (χ0) is 26.8. The number of aliphatic hydroxyl groups is 8. The lowest BCUT2D eigenvalue weighted by Crippen LogP contribution is -2.65. The summed E-state index contributed by atoms with van der Waals surface area (Å²) in [4.78, 5) is 12.5. The van der Waals surface area contributed by atoms with Crippen LogP contribution in [0.15, 0.2) is 0 Å². The molecule has 2 fully saturated rings. The van der Waals surface area contributed by atoms with Crippen LogP contribution in [-0.4, -0.2) is 121 Å². The fourth-order valence-corrected chi connectivity index (χ4v) is 4.58. The lowest BCUT2D eigenvalue weighted by Gasteiger charge is -2.46. The summed E-state index contributed by atoms with van der Waals surface area (Å²) in [6.45, 7) is 1.43. The summed E-state index contributed by atoms with van der Waals surface area (Å²) < 4.78 is 15.8. The highest BCUT2D eigenvalue weighted by atomic mass is 16.7. The average Bonchev–Trinajstić information content (AvgIpc) is 2.87.